The largest absolute Gasteiger partial charge is 0.325 e. The van der Waals surface area contributed by atoms with E-state index < -0.39 is 0 Å². The highest BCUT2D eigenvalue weighted by Gasteiger charge is 2.11. The lowest BCUT2D eigenvalue weighted by Crippen LogP contribution is -2.16. The van der Waals surface area contributed by atoms with Crippen molar-refractivity contribution in [2.24, 2.45) is 0 Å². The molecule has 3 aromatic rings. The summed E-state index contributed by atoms with van der Waals surface area (Å²) >= 11 is 3.38. The molecule has 0 fully saturated rings. The first kappa shape index (κ1) is 17.9. The van der Waals surface area contributed by atoms with Crippen LogP contribution in [-0.4, -0.2) is 26.6 Å². The molecule has 0 spiro atoms. The number of carbonyl (C=O) groups is 1. The zero-order valence-electron chi connectivity index (χ0n) is 13.6. The number of H-pyrrole nitrogens is 1. The zero-order chi connectivity index (χ0) is 18.0. The van der Waals surface area contributed by atoms with Gasteiger partial charge in [0.05, 0.1) is 11.1 Å². The third kappa shape index (κ3) is 4.37. The van der Waals surface area contributed by atoms with Gasteiger partial charge in [-0.3, -0.25) is 9.59 Å². The summed E-state index contributed by atoms with van der Waals surface area (Å²) in [5.41, 5.74) is 2.54. The smallest absolute Gasteiger partial charge is 0.261 e. The molecular formula is C17H15IN4O2S. The lowest BCUT2D eigenvalue weighted by molar-refractivity contribution is -0.113. The van der Waals surface area contributed by atoms with Crippen molar-refractivity contribution in [2.75, 3.05) is 11.1 Å². The fraction of sp³-hybridized carbons (Fsp3) is 0.176. The van der Waals surface area contributed by atoms with Gasteiger partial charge in [0.25, 0.3) is 5.56 Å². The Morgan fingerprint density at radius 1 is 1.24 bits per heavy atom. The minimum Gasteiger partial charge on any atom is -0.325 e. The number of fused-ring (bicyclic) bond motifs is 1. The Morgan fingerprint density at radius 3 is 2.68 bits per heavy atom. The summed E-state index contributed by atoms with van der Waals surface area (Å²) in [6, 6.07) is 9.37. The van der Waals surface area contributed by atoms with Crippen LogP contribution >= 0.6 is 34.4 Å². The molecule has 1 amide bonds. The Hall–Kier alpha value is -1.94. The van der Waals surface area contributed by atoms with Crippen molar-refractivity contribution in [1.29, 1.82) is 0 Å². The van der Waals surface area contributed by atoms with E-state index in [0.29, 0.717) is 16.2 Å². The molecule has 2 heterocycles. The second-order valence-electron chi connectivity index (χ2n) is 5.49. The Bertz CT molecular complexity index is 1000. The summed E-state index contributed by atoms with van der Waals surface area (Å²) in [7, 11) is 0. The SMILES string of the molecule is Cc1cc(C)c2c(=O)[nH]c(SCC(=O)Nc3ccc(I)cc3)nc2n1. The molecule has 0 radical (unpaired) electrons. The van der Waals surface area contributed by atoms with Crippen molar-refractivity contribution in [2.45, 2.75) is 19.0 Å². The van der Waals surface area contributed by atoms with Gasteiger partial charge in [-0.15, -0.1) is 0 Å². The van der Waals surface area contributed by atoms with Crippen molar-refractivity contribution in [3.8, 4) is 0 Å². The van der Waals surface area contributed by atoms with E-state index >= 15 is 0 Å². The monoisotopic (exact) mass is 466 g/mol. The number of nitrogens with one attached hydrogen (secondary N) is 2. The van der Waals surface area contributed by atoms with E-state index in [4.69, 9.17) is 0 Å². The molecule has 2 aromatic heterocycles. The van der Waals surface area contributed by atoms with Crippen LogP contribution in [0.4, 0.5) is 5.69 Å². The van der Waals surface area contributed by atoms with Crippen molar-refractivity contribution < 1.29 is 4.79 Å². The lowest BCUT2D eigenvalue weighted by Gasteiger charge is -2.06. The molecule has 1 aromatic carbocycles. The third-order valence-electron chi connectivity index (χ3n) is 3.45. The quantitative estimate of drug-likeness (QED) is 0.350. The number of rotatable bonds is 4. The highest BCUT2D eigenvalue weighted by Crippen LogP contribution is 2.17. The second kappa shape index (κ2) is 7.52. The maximum absolute atomic E-state index is 12.2. The Labute approximate surface area is 162 Å². The number of aryl methyl sites for hydroxylation is 2. The number of halogens is 1. The molecule has 8 heteroatoms. The number of hydrogen-bond acceptors (Lipinski definition) is 5. The average molecular weight is 466 g/mol. The first-order valence-corrected chi connectivity index (χ1v) is 9.55. The van der Waals surface area contributed by atoms with E-state index in [-0.39, 0.29) is 17.2 Å². The zero-order valence-corrected chi connectivity index (χ0v) is 16.6. The number of aromatic amines is 1. The number of aromatic nitrogens is 3. The highest BCUT2D eigenvalue weighted by molar-refractivity contribution is 14.1. The number of amides is 1. The predicted octanol–water partition coefficient (Wildman–Crippen LogP) is 3.27. The van der Waals surface area contributed by atoms with Gasteiger partial charge in [0, 0.05) is 15.0 Å². The Kier molecular flexibility index (Phi) is 5.38. The van der Waals surface area contributed by atoms with E-state index in [9.17, 15) is 9.59 Å². The summed E-state index contributed by atoms with van der Waals surface area (Å²) in [4.78, 5) is 35.7. The molecule has 3 rings (SSSR count). The number of pyridine rings is 1. The first-order valence-electron chi connectivity index (χ1n) is 7.49. The number of carbonyl (C=O) groups excluding carboxylic acids is 1. The van der Waals surface area contributed by atoms with Crippen LogP contribution in [0.2, 0.25) is 0 Å². The molecule has 2 N–H and O–H groups in total. The molecule has 0 aliphatic carbocycles. The minimum absolute atomic E-state index is 0.144. The van der Waals surface area contributed by atoms with Gasteiger partial charge in [-0.2, -0.15) is 0 Å². The third-order valence-corrected chi connectivity index (χ3v) is 5.04. The highest BCUT2D eigenvalue weighted by atomic mass is 127. The number of thioether (sulfide) groups is 1. The standard InChI is InChI=1S/C17H15IN4O2S/c1-9-7-10(2)19-15-14(9)16(24)22-17(21-15)25-8-13(23)20-12-5-3-11(18)4-6-12/h3-7H,8H2,1-2H3,(H,20,23)(H,19,21,22,24). The number of hydrogen-bond donors (Lipinski definition) is 2. The van der Waals surface area contributed by atoms with E-state index in [1.54, 1.807) is 0 Å². The van der Waals surface area contributed by atoms with Crippen LogP contribution in [0.5, 0.6) is 0 Å². The Morgan fingerprint density at radius 2 is 1.96 bits per heavy atom. The first-order chi connectivity index (χ1) is 11.9. The van der Waals surface area contributed by atoms with Crippen LogP contribution < -0.4 is 10.9 Å². The van der Waals surface area contributed by atoms with Crippen LogP contribution in [0.1, 0.15) is 11.3 Å². The fourth-order valence-electron chi connectivity index (χ4n) is 2.39. The predicted molar refractivity (Wildman–Crippen MR) is 108 cm³/mol. The van der Waals surface area contributed by atoms with Gasteiger partial charge in [0.1, 0.15) is 0 Å². The molecule has 0 unspecified atom stereocenters. The van der Waals surface area contributed by atoms with Gasteiger partial charge in [0.2, 0.25) is 5.91 Å². The van der Waals surface area contributed by atoms with Gasteiger partial charge < -0.3 is 10.3 Å². The summed E-state index contributed by atoms with van der Waals surface area (Å²) in [6.07, 6.45) is 0. The molecule has 6 nitrogen and oxygen atoms in total. The van der Waals surface area contributed by atoms with Gasteiger partial charge in [-0.1, -0.05) is 11.8 Å². The van der Waals surface area contributed by atoms with E-state index in [0.717, 1.165) is 20.5 Å². The lowest BCUT2D eigenvalue weighted by atomic mass is 10.2. The van der Waals surface area contributed by atoms with Crippen LogP contribution in [0.15, 0.2) is 40.3 Å². The van der Waals surface area contributed by atoms with Crippen LogP contribution in [0.3, 0.4) is 0 Å². The Balaban J connectivity index is 1.73. The van der Waals surface area contributed by atoms with Crippen molar-refractivity contribution >= 4 is 57.0 Å². The molecule has 25 heavy (non-hydrogen) atoms. The maximum Gasteiger partial charge on any atom is 0.261 e. The van der Waals surface area contributed by atoms with Gasteiger partial charge in [0.15, 0.2) is 10.8 Å². The summed E-state index contributed by atoms with van der Waals surface area (Å²) in [6.45, 7) is 3.71. The number of anilines is 1. The van der Waals surface area contributed by atoms with E-state index in [1.165, 1.54) is 11.8 Å². The topological polar surface area (TPSA) is 87.7 Å². The summed E-state index contributed by atoms with van der Waals surface area (Å²) < 4.78 is 1.10. The number of nitrogens with zero attached hydrogens (tertiary/aromatic N) is 2. The van der Waals surface area contributed by atoms with Gasteiger partial charge in [-0.25, -0.2) is 9.97 Å². The minimum atomic E-state index is -0.240. The summed E-state index contributed by atoms with van der Waals surface area (Å²) in [5.74, 6) is -0.0204. The molecule has 0 aliphatic heterocycles. The maximum atomic E-state index is 12.2. The van der Waals surface area contributed by atoms with E-state index in [2.05, 4.69) is 42.9 Å². The molecule has 0 bridgehead atoms. The molecule has 0 saturated heterocycles. The molecule has 128 valence electrons. The second-order valence-corrected chi connectivity index (χ2v) is 7.70. The average Bonchev–Trinajstić information content (AvgIpc) is 2.54. The summed E-state index contributed by atoms with van der Waals surface area (Å²) in [5, 5.41) is 3.68. The normalized spacial score (nSPS) is 10.8. The molecular weight excluding hydrogens is 451 g/mol. The van der Waals surface area contributed by atoms with Crippen molar-refractivity contribution in [3.63, 3.8) is 0 Å². The fourth-order valence-corrected chi connectivity index (χ4v) is 3.41. The van der Waals surface area contributed by atoms with Crippen LogP contribution in [0, 0.1) is 17.4 Å². The van der Waals surface area contributed by atoms with Crippen LogP contribution in [-0.2, 0) is 4.79 Å². The van der Waals surface area contributed by atoms with Gasteiger partial charge in [-0.05, 0) is 72.3 Å². The van der Waals surface area contributed by atoms with E-state index in [1.807, 2.05) is 44.2 Å². The van der Waals surface area contributed by atoms with Crippen molar-refractivity contribution in [3.05, 3.63) is 55.5 Å². The number of benzene rings is 1. The van der Waals surface area contributed by atoms with Crippen molar-refractivity contribution in [1.82, 2.24) is 15.0 Å². The molecule has 0 aliphatic rings. The van der Waals surface area contributed by atoms with Gasteiger partial charge >= 0.3 is 0 Å². The molecule has 0 atom stereocenters. The molecule has 0 saturated carbocycles. The van der Waals surface area contributed by atoms with Crippen LogP contribution in [0.25, 0.3) is 11.0 Å².